The molecule has 0 aromatic carbocycles. The van der Waals surface area contributed by atoms with Gasteiger partial charge >= 0.3 is 0 Å². The van der Waals surface area contributed by atoms with Gasteiger partial charge in [0.05, 0.1) is 0 Å². The first-order valence-electron chi connectivity index (χ1n) is 5.23. The van der Waals surface area contributed by atoms with Crippen LogP contribution in [0.15, 0.2) is 0 Å². The molecule has 0 spiro atoms. The van der Waals surface area contributed by atoms with Gasteiger partial charge in [-0.25, -0.2) is 0 Å². The summed E-state index contributed by atoms with van der Waals surface area (Å²) >= 11 is 4.30. The molecule has 0 aromatic rings. The van der Waals surface area contributed by atoms with Crippen molar-refractivity contribution in [2.24, 2.45) is 0 Å². The molecule has 0 aliphatic carbocycles. The van der Waals surface area contributed by atoms with Gasteiger partial charge in [0.2, 0.25) is 0 Å². The number of hydrogen-bond donors (Lipinski definition) is 1. The molecule has 1 unspecified atom stereocenters. The van der Waals surface area contributed by atoms with Crippen molar-refractivity contribution < 1.29 is 0 Å². The molecule has 0 saturated carbocycles. The predicted octanol–water partition coefficient (Wildman–Crippen LogP) is 2.57. The first kappa shape index (κ1) is 10.4. The monoisotopic (exact) mass is 187 g/mol. The van der Waals surface area contributed by atoms with E-state index in [4.69, 9.17) is 0 Å². The van der Waals surface area contributed by atoms with Gasteiger partial charge in [0, 0.05) is 18.3 Å². The van der Waals surface area contributed by atoms with Crippen LogP contribution in [0.25, 0.3) is 0 Å². The molecule has 1 nitrogen and oxygen atoms in total. The van der Waals surface area contributed by atoms with Crippen LogP contribution >= 0.6 is 12.6 Å². The van der Waals surface area contributed by atoms with Crippen molar-refractivity contribution in [3.05, 3.63) is 0 Å². The maximum absolute atomic E-state index is 4.30. The normalized spacial score (nSPS) is 27.0. The lowest BCUT2D eigenvalue weighted by atomic mass is 10.1. The lowest BCUT2D eigenvalue weighted by molar-refractivity contribution is 0.207. The molecule has 1 aliphatic rings. The summed E-state index contributed by atoms with van der Waals surface area (Å²) < 4.78 is 0. The average molecular weight is 187 g/mol. The summed E-state index contributed by atoms with van der Waals surface area (Å²) in [6.07, 6.45) is 6.98. The summed E-state index contributed by atoms with van der Waals surface area (Å²) in [5, 5.41) is 0. The van der Waals surface area contributed by atoms with Crippen LogP contribution < -0.4 is 0 Å². The largest absolute Gasteiger partial charge is 0.300 e. The van der Waals surface area contributed by atoms with Crippen LogP contribution in [0.2, 0.25) is 0 Å². The summed E-state index contributed by atoms with van der Waals surface area (Å²) in [4.78, 5) is 2.62. The van der Waals surface area contributed by atoms with E-state index < -0.39 is 0 Å². The molecule has 1 fully saturated rings. The van der Waals surface area contributed by atoms with Crippen LogP contribution in [-0.2, 0) is 0 Å². The smallest absolute Gasteiger partial charge is 0.00929 e. The molecule has 1 atom stereocenters. The Morgan fingerprint density at radius 1 is 1.33 bits per heavy atom. The molecule has 1 saturated heterocycles. The Hall–Kier alpha value is 0.310. The van der Waals surface area contributed by atoms with Crippen LogP contribution in [0.1, 0.15) is 39.0 Å². The van der Waals surface area contributed by atoms with E-state index in [1.165, 1.54) is 45.2 Å². The molecular weight excluding hydrogens is 166 g/mol. The Balaban J connectivity index is 2.39. The fraction of sp³-hybridized carbons (Fsp3) is 1.00. The second-order valence-corrected chi connectivity index (χ2v) is 4.12. The van der Waals surface area contributed by atoms with Gasteiger partial charge < -0.3 is 0 Å². The summed E-state index contributed by atoms with van der Waals surface area (Å²) in [7, 11) is 0. The minimum Gasteiger partial charge on any atom is -0.300 e. The van der Waals surface area contributed by atoms with Crippen molar-refractivity contribution in [2.75, 3.05) is 18.8 Å². The van der Waals surface area contributed by atoms with Crippen molar-refractivity contribution in [3.63, 3.8) is 0 Å². The zero-order chi connectivity index (χ0) is 8.81. The van der Waals surface area contributed by atoms with Gasteiger partial charge in [0.25, 0.3) is 0 Å². The highest BCUT2D eigenvalue weighted by Crippen LogP contribution is 2.18. The molecule has 1 heterocycles. The van der Waals surface area contributed by atoms with E-state index in [0.29, 0.717) is 0 Å². The molecule has 0 N–H and O–H groups in total. The lowest BCUT2D eigenvalue weighted by Gasteiger charge is -2.28. The number of likely N-dealkylation sites (tertiary alicyclic amines) is 1. The van der Waals surface area contributed by atoms with Crippen molar-refractivity contribution >= 4 is 12.6 Å². The molecule has 0 radical (unpaired) electrons. The lowest BCUT2D eigenvalue weighted by Crippen LogP contribution is -2.35. The minimum absolute atomic E-state index is 0.847. The summed E-state index contributed by atoms with van der Waals surface area (Å²) in [5.41, 5.74) is 0. The Morgan fingerprint density at radius 2 is 2.17 bits per heavy atom. The minimum atomic E-state index is 0.847. The van der Waals surface area contributed by atoms with Gasteiger partial charge in [-0.15, -0.1) is 0 Å². The second-order valence-electron chi connectivity index (χ2n) is 3.67. The van der Waals surface area contributed by atoms with Crippen LogP contribution in [-0.4, -0.2) is 29.8 Å². The van der Waals surface area contributed by atoms with Crippen molar-refractivity contribution in [1.82, 2.24) is 4.90 Å². The first-order chi connectivity index (χ1) is 5.88. The zero-order valence-corrected chi connectivity index (χ0v) is 9.02. The van der Waals surface area contributed by atoms with Crippen molar-refractivity contribution in [3.8, 4) is 0 Å². The fourth-order valence-electron chi connectivity index (χ4n) is 2.12. The van der Waals surface area contributed by atoms with Crippen molar-refractivity contribution in [2.45, 2.75) is 45.1 Å². The first-order valence-corrected chi connectivity index (χ1v) is 5.86. The summed E-state index contributed by atoms with van der Waals surface area (Å²) in [5.74, 6) is 1.01. The Morgan fingerprint density at radius 3 is 2.83 bits per heavy atom. The Kier molecular flexibility index (Phi) is 5.08. The maximum Gasteiger partial charge on any atom is 0.00929 e. The number of thiol groups is 1. The third-order valence-electron chi connectivity index (χ3n) is 2.86. The topological polar surface area (TPSA) is 3.24 Å². The third-order valence-corrected chi connectivity index (χ3v) is 3.06. The molecule has 2 heteroatoms. The fourth-order valence-corrected chi connectivity index (χ4v) is 2.38. The van der Waals surface area contributed by atoms with Gasteiger partial charge in [-0.2, -0.15) is 12.6 Å². The van der Waals surface area contributed by atoms with E-state index in [2.05, 4.69) is 24.5 Å². The highest BCUT2D eigenvalue weighted by Gasteiger charge is 2.17. The average Bonchev–Trinajstić information content (AvgIpc) is 2.30. The van der Waals surface area contributed by atoms with E-state index in [0.717, 1.165) is 11.8 Å². The zero-order valence-electron chi connectivity index (χ0n) is 8.13. The molecule has 0 bridgehead atoms. The molecule has 1 aliphatic heterocycles. The second kappa shape index (κ2) is 5.87. The summed E-state index contributed by atoms with van der Waals surface area (Å²) in [6, 6.07) is 0.847. The number of hydrogen-bond acceptors (Lipinski definition) is 2. The highest BCUT2D eigenvalue weighted by atomic mass is 32.1. The molecular formula is C10H21NS. The van der Waals surface area contributed by atoms with Crippen molar-refractivity contribution in [1.29, 1.82) is 0 Å². The number of nitrogens with zero attached hydrogens (tertiary/aromatic N) is 1. The van der Waals surface area contributed by atoms with Gasteiger partial charge in [-0.3, -0.25) is 4.90 Å². The van der Waals surface area contributed by atoms with Gasteiger partial charge in [0.1, 0.15) is 0 Å². The highest BCUT2D eigenvalue weighted by molar-refractivity contribution is 7.80. The van der Waals surface area contributed by atoms with E-state index in [1.807, 2.05) is 0 Å². The van der Waals surface area contributed by atoms with E-state index in [9.17, 15) is 0 Å². The van der Waals surface area contributed by atoms with Gasteiger partial charge in [0.15, 0.2) is 0 Å². The van der Waals surface area contributed by atoms with Gasteiger partial charge in [-0.05, 0) is 25.8 Å². The quantitative estimate of drug-likeness (QED) is 0.665. The van der Waals surface area contributed by atoms with E-state index in [1.54, 1.807) is 0 Å². The Labute approximate surface area is 81.9 Å². The molecule has 12 heavy (non-hydrogen) atoms. The molecule has 0 amide bonds. The maximum atomic E-state index is 4.30. The summed E-state index contributed by atoms with van der Waals surface area (Å²) in [6.45, 7) is 4.79. The van der Waals surface area contributed by atoms with Crippen LogP contribution in [0.5, 0.6) is 0 Å². The van der Waals surface area contributed by atoms with Crippen LogP contribution in [0.4, 0.5) is 0 Å². The van der Waals surface area contributed by atoms with Crippen LogP contribution in [0.3, 0.4) is 0 Å². The molecule has 0 aromatic heterocycles. The number of rotatable bonds is 3. The van der Waals surface area contributed by atoms with Crippen LogP contribution in [0, 0.1) is 0 Å². The SMILES string of the molecule is CCC1CCCCCN1CCS. The molecule has 1 rings (SSSR count). The predicted molar refractivity (Wildman–Crippen MR) is 58.0 cm³/mol. The third kappa shape index (κ3) is 2.98. The Bertz CT molecular complexity index is 116. The van der Waals surface area contributed by atoms with E-state index >= 15 is 0 Å². The van der Waals surface area contributed by atoms with Gasteiger partial charge in [-0.1, -0.05) is 19.8 Å². The standard InChI is InChI=1S/C10H21NS/c1-2-10-6-4-3-5-7-11(10)8-9-12/h10,12H,2-9H2,1H3. The molecule has 72 valence electrons. The van der Waals surface area contributed by atoms with E-state index in [-0.39, 0.29) is 0 Å².